The van der Waals surface area contributed by atoms with Gasteiger partial charge in [-0.05, 0) is 30.2 Å². The maximum Gasteiger partial charge on any atom is 0.260 e. The maximum atomic E-state index is 12.3. The molecule has 0 bridgehead atoms. The molecule has 1 aromatic heterocycles. The first kappa shape index (κ1) is 18.2. The number of hydrogen-bond donors (Lipinski definition) is 0. The second kappa shape index (κ2) is 8.19. The highest BCUT2D eigenvalue weighted by Gasteiger charge is 2.21. The second-order valence-electron chi connectivity index (χ2n) is 6.75. The van der Waals surface area contributed by atoms with E-state index in [1.165, 1.54) is 0 Å². The third-order valence-electron chi connectivity index (χ3n) is 4.63. The second-order valence-corrected chi connectivity index (χ2v) is 6.75. The Labute approximate surface area is 153 Å². The quantitative estimate of drug-likeness (QED) is 0.814. The lowest BCUT2D eigenvalue weighted by atomic mass is 10.2. The van der Waals surface area contributed by atoms with Crippen LogP contribution in [-0.2, 0) is 18.4 Å². The summed E-state index contributed by atoms with van der Waals surface area (Å²) in [5.41, 5.74) is 2.22. The van der Waals surface area contributed by atoms with Crippen molar-refractivity contribution in [1.82, 2.24) is 14.4 Å². The van der Waals surface area contributed by atoms with Crippen molar-refractivity contribution in [2.45, 2.75) is 13.5 Å². The predicted octanol–water partition coefficient (Wildman–Crippen LogP) is 1.42. The first-order valence-corrected chi connectivity index (χ1v) is 8.86. The van der Waals surface area contributed by atoms with Crippen LogP contribution in [0.15, 0.2) is 47.4 Å². The maximum absolute atomic E-state index is 12.3. The number of carbonyl (C=O) groups excluding carboxylic acids is 1. The van der Waals surface area contributed by atoms with Crippen LogP contribution in [0.5, 0.6) is 5.75 Å². The fourth-order valence-corrected chi connectivity index (χ4v) is 3.10. The molecule has 1 aliphatic rings. The topological polar surface area (TPSA) is 54.8 Å². The van der Waals surface area contributed by atoms with E-state index in [0.717, 1.165) is 36.5 Å². The van der Waals surface area contributed by atoms with Gasteiger partial charge in [-0.1, -0.05) is 18.2 Å². The number of benzene rings is 1. The summed E-state index contributed by atoms with van der Waals surface area (Å²) in [5, 5.41) is 0. The van der Waals surface area contributed by atoms with E-state index >= 15 is 0 Å². The van der Waals surface area contributed by atoms with E-state index in [-0.39, 0.29) is 18.1 Å². The van der Waals surface area contributed by atoms with Gasteiger partial charge in [-0.25, -0.2) is 0 Å². The minimum Gasteiger partial charge on any atom is -0.484 e. The van der Waals surface area contributed by atoms with Gasteiger partial charge in [-0.2, -0.15) is 0 Å². The first-order chi connectivity index (χ1) is 12.5. The van der Waals surface area contributed by atoms with Gasteiger partial charge in [0.15, 0.2) is 6.61 Å². The number of ether oxygens (including phenoxy) is 1. The van der Waals surface area contributed by atoms with Gasteiger partial charge in [-0.15, -0.1) is 0 Å². The van der Waals surface area contributed by atoms with Crippen molar-refractivity contribution in [3.8, 4) is 5.75 Å². The number of pyridine rings is 1. The molecular weight excluding hydrogens is 330 g/mol. The standard InChI is InChI=1S/C20H25N3O3/c1-16-4-3-5-18(12-16)26-15-20(25)23-10-8-22(9-11-23)14-17-6-7-19(24)21(2)13-17/h3-7,12-13H,8-11,14-15H2,1-2H3. The highest BCUT2D eigenvalue weighted by Crippen LogP contribution is 2.13. The van der Waals surface area contributed by atoms with Crippen LogP contribution in [-0.4, -0.2) is 53.1 Å². The van der Waals surface area contributed by atoms with Crippen LogP contribution in [0.4, 0.5) is 0 Å². The third kappa shape index (κ3) is 4.73. The molecular formula is C20H25N3O3. The molecule has 0 atom stereocenters. The van der Waals surface area contributed by atoms with Crippen molar-refractivity contribution in [3.63, 3.8) is 0 Å². The summed E-state index contributed by atoms with van der Waals surface area (Å²) >= 11 is 0. The number of rotatable bonds is 5. The summed E-state index contributed by atoms with van der Waals surface area (Å²) in [6, 6.07) is 11.2. The summed E-state index contributed by atoms with van der Waals surface area (Å²) in [7, 11) is 1.76. The molecule has 1 amide bonds. The number of amides is 1. The minimum atomic E-state index is -0.00206. The van der Waals surface area contributed by atoms with Gasteiger partial charge in [0, 0.05) is 52.0 Å². The van der Waals surface area contributed by atoms with Crippen LogP contribution in [0.3, 0.4) is 0 Å². The van der Waals surface area contributed by atoms with Crippen LogP contribution in [0.2, 0.25) is 0 Å². The fourth-order valence-electron chi connectivity index (χ4n) is 3.10. The Balaban J connectivity index is 1.46. The van der Waals surface area contributed by atoms with Gasteiger partial charge in [0.05, 0.1) is 0 Å². The smallest absolute Gasteiger partial charge is 0.260 e. The number of hydrogen-bond acceptors (Lipinski definition) is 4. The predicted molar refractivity (Wildman–Crippen MR) is 100 cm³/mol. The molecule has 0 saturated carbocycles. The Kier molecular flexibility index (Phi) is 5.73. The Morgan fingerprint density at radius 2 is 1.88 bits per heavy atom. The fraction of sp³-hybridized carbons (Fsp3) is 0.400. The highest BCUT2D eigenvalue weighted by atomic mass is 16.5. The molecule has 6 heteroatoms. The van der Waals surface area contributed by atoms with E-state index in [1.54, 1.807) is 17.7 Å². The van der Waals surface area contributed by atoms with Crippen molar-refractivity contribution in [3.05, 3.63) is 64.1 Å². The molecule has 1 aromatic carbocycles. The Bertz CT molecular complexity index is 823. The van der Waals surface area contributed by atoms with Gasteiger partial charge in [0.2, 0.25) is 5.56 Å². The molecule has 1 aliphatic heterocycles. The zero-order chi connectivity index (χ0) is 18.5. The monoisotopic (exact) mass is 355 g/mol. The number of aryl methyl sites for hydroxylation is 2. The molecule has 6 nitrogen and oxygen atoms in total. The largest absolute Gasteiger partial charge is 0.484 e. The molecule has 26 heavy (non-hydrogen) atoms. The van der Waals surface area contributed by atoms with E-state index < -0.39 is 0 Å². The van der Waals surface area contributed by atoms with Crippen LogP contribution in [0.1, 0.15) is 11.1 Å². The SMILES string of the molecule is Cc1cccc(OCC(=O)N2CCN(Cc3ccc(=O)n(C)c3)CC2)c1. The lowest BCUT2D eigenvalue weighted by Crippen LogP contribution is -2.49. The van der Waals surface area contributed by atoms with E-state index in [0.29, 0.717) is 13.1 Å². The Morgan fingerprint density at radius 1 is 1.12 bits per heavy atom. The highest BCUT2D eigenvalue weighted by molar-refractivity contribution is 5.77. The number of carbonyl (C=O) groups is 1. The number of aromatic nitrogens is 1. The van der Waals surface area contributed by atoms with Crippen LogP contribution in [0, 0.1) is 6.92 Å². The summed E-state index contributed by atoms with van der Waals surface area (Å²) in [4.78, 5) is 28.0. The summed E-state index contributed by atoms with van der Waals surface area (Å²) in [6.07, 6.45) is 1.87. The van der Waals surface area contributed by atoms with Gasteiger partial charge in [0.25, 0.3) is 5.91 Å². The van der Waals surface area contributed by atoms with Crippen molar-refractivity contribution in [2.75, 3.05) is 32.8 Å². The molecule has 138 valence electrons. The van der Waals surface area contributed by atoms with E-state index in [4.69, 9.17) is 4.74 Å². The molecule has 0 unspecified atom stereocenters. The van der Waals surface area contributed by atoms with Gasteiger partial charge in [-0.3, -0.25) is 14.5 Å². The lowest BCUT2D eigenvalue weighted by molar-refractivity contribution is -0.135. The Morgan fingerprint density at radius 3 is 2.58 bits per heavy atom. The summed E-state index contributed by atoms with van der Waals surface area (Å²) in [5.74, 6) is 0.750. The molecule has 1 fully saturated rings. The molecule has 1 saturated heterocycles. The number of nitrogens with zero attached hydrogens (tertiary/aromatic N) is 3. The van der Waals surface area contributed by atoms with Crippen molar-refractivity contribution in [1.29, 1.82) is 0 Å². The van der Waals surface area contributed by atoms with Gasteiger partial charge >= 0.3 is 0 Å². The lowest BCUT2D eigenvalue weighted by Gasteiger charge is -2.34. The molecule has 2 heterocycles. The number of piperazine rings is 1. The van der Waals surface area contributed by atoms with Crippen molar-refractivity contribution < 1.29 is 9.53 Å². The molecule has 0 radical (unpaired) electrons. The summed E-state index contributed by atoms with van der Waals surface area (Å²) in [6.45, 7) is 5.89. The normalized spacial score (nSPS) is 15.1. The average Bonchev–Trinajstić information content (AvgIpc) is 2.63. The Hall–Kier alpha value is -2.60. The zero-order valence-electron chi connectivity index (χ0n) is 15.4. The molecule has 2 aromatic rings. The minimum absolute atomic E-state index is 0.00206. The van der Waals surface area contributed by atoms with Gasteiger partial charge < -0.3 is 14.2 Å². The summed E-state index contributed by atoms with van der Waals surface area (Å²) < 4.78 is 7.21. The van der Waals surface area contributed by atoms with E-state index in [1.807, 2.05) is 48.4 Å². The van der Waals surface area contributed by atoms with Crippen molar-refractivity contribution >= 4 is 5.91 Å². The average molecular weight is 355 g/mol. The van der Waals surface area contributed by atoms with E-state index in [9.17, 15) is 9.59 Å². The molecule has 0 aliphatic carbocycles. The molecule has 3 rings (SSSR count). The van der Waals surface area contributed by atoms with Crippen LogP contribution >= 0.6 is 0 Å². The zero-order valence-corrected chi connectivity index (χ0v) is 15.4. The third-order valence-corrected chi connectivity index (χ3v) is 4.63. The van der Waals surface area contributed by atoms with Crippen LogP contribution < -0.4 is 10.3 Å². The van der Waals surface area contributed by atoms with Crippen LogP contribution in [0.25, 0.3) is 0 Å². The first-order valence-electron chi connectivity index (χ1n) is 8.86. The van der Waals surface area contributed by atoms with Gasteiger partial charge in [0.1, 0.15) is 5.75 Å². The molecule has 0 N–H and O–H groups in total. The van der Waals surface area contributed by atoms with Crippen molar-refractivity contribution in [2.24, 2.45) is 7.05 Å². The molecule has 0 spiro atoms. The van der Waals surface area contributed by atoms with E-state index in [2.05, 4.69) is 4.90 Å².